The van der Waals surface area contributed by atoms with Gasteiger partial charge in [-0.1, -0.05) is 39.0 Å². The Bertz CT molecular complexity index is 669. The lowest BCUT2D eigenvalue weighted by molar-refractivity contribution is -0.0692. The van der Waals surface area contributed by atoms with E-state index >= 15 is 0 Å². The smallest absolute Gasteiger partial charge is 0.129 e. The third-order valence-corrected chi connectivity index (χ3v) is 7.43. The van der Waals surface area contributed by atoms with Crippen molar-refractivity contribution >= 4 is 0 Å². The Labute approximate surface area is 169 Å². The molecule has 0 aliphatic carbocycles. The summed E-state index contributed by atoms with van der Waals surface area (Å²) in [5.74, 6) is 0.603. The van der Waals surface area contributed by atoms with Crippen LogP contribution in [0.25, 0.3) is 0 Å². The SMILES string of the molecule is CC1CCN(CC(C)(C)CN2[C@H]3CC[C@H]2CC(O)(c2ccccc2F)C3)CC1. The highest BCUT2D eigenvalue weighted by molar-refractivity contribution is 5.26. The molecule has 4 heteroatoms. The summed E-state index contributed by atoms with van der Waals surface area (Å²) >= 11 is 0. The molecule has 3 aliphatic heterocycles. The van der Waals surface area contributed by atoms with E-state index in [9.17, 15) is 9.50 Å². The summed E-state index contributed by atoms with van der Waals surface area (Å²) in [6.07, 6.45) is 6.20. The number of halogens is 1. The lowest BCUT2D eigenvalue weighted by atomic mass is 9.79. The molecule has 4 rings (SSSR count). The quantitative estimate of drug-likeness (QED) is 0.810. The summed E-state index contributed by atoms with van der Waals surface area (Å²) in [5.41, 5.74) is -0.288. The van der Waals surface area contributed by atoms with Crippen molar-refractivity contribution in [3.8, 4) is 0 Å². The van der Waals surface area contributed by atoms with Gasteiger partial charge in [-0.2, -0.15) is 0 Å². The van der Waals surface area contributed by atoms with Crippen molar-refractivity contribution < 1.29 is 9.50 Å². The lowest BCUT2D eigenvalue weighted by Gasteiger charge is -2.47. The lowest BCUT2D eigenvalue weighted by Crippen LogP contribution is -2.54. The van der Waals surface area contributed by atoms with Gasteiger partial charge in [0.15, 0.2) is 0 Å². The number of aliphatic hydroxyl groups is 1. The van der Waals surface area contributed by atoms with Crippen LogP contribution in [0.2, 0.25) is 0 Å². The summed E-state index contributed by atoms with van der Waals surface area (Å²) in [5, 5.41) is 11.3. The predicted molar refractivity (Wildman–Crippen MR) is 112 cm³/mol. The van der Waals surface area contributed by atoms with Crippen molar-refractivity contribution in [2.45, 2.75) is 77.0 Å². The van der Waals surface area contributed by atoms with Crippen LogP contribution in [-0.2, 0) is 5.60 Å². The van der Waals surface area contributed by atoms with Crippen LogP contribution in [0.4, 0.5) is 4.39 Å². The molecular formula is C24H37FN2O. The van der Waals surface area contributed by atoms with Gasteiger partial charge in [-0.3, -0.25) is 4.90 Å². The molecule has 0 amide bonds. The number of hydrogen-bond donors (Lipinski definition) is 1. The fraction of sp³-hybridized carbons (Fsp3) is 0.750. The summed E-state index contributed by atoms with van der Waals surface area (Å²) in [6.45, 7) is 11.8. The molecule has 3 saturated heterocycles. The van der Waals surface area contributed by atoms with Gasteiger partial charge in [0, 0.05) is 30.7 Å². The third-order valence-electron chi connectivity index (χ3n) is 7.43. The monoisotopic (exact) mass is 388 g/mol. The average Bonchev–Trinajstić information content (AvgIpc) is 2.87. The second kappa shape index (κ2) is 7.70. The van der Waals surface area contributed by atoms with Gasteiger partial charge >= 0.3 is 0 Å². The Hall–Kier alpha value is -0.970. The predicted octanol–water partition coefficient (Wildman–Crippen LogP) is 4.40. The molecular weight excluding hydrogens is 351 g/mol. The largest absolute Gasteiger partial charge is 0.385 e. The molecule has 2 bridgehead atoms. The van der Waals surface area contributed by atoms with Gasteiger partial charge < -0.3 is 10.0 Å². The number of nitrogens with zero attached hydrogens (tertiary/aromatic N) is 2. The number of likely N-dealkylation sites (tertiary alicyclic amines) is 1. The second-order valence-electron chi connectivity index (χ2n) is 10.6. The van der Waals surface area contributed by atoms with Crippen molar-refractivity contribution in [1.82, 2.24) is 9.80 Å². The highest BCUT2D eigenvalue weighted by atomic mass is 19.1. The zero-order chi connectivity index (χ0) is 19.9. The van der Waals surface area contributed by atoms with Gasteiger partial charge in [-0.25, -0.2) is 4.39 Å². The number of fused-ring (bicyclic) bond motifs is 2. The van der Waals surface area contributed by atoms with E-state index < -0.39 is 5.60 Å². The molecule has 0 spiro atoms. The zero-order valence-corrected chi connectivity index (χ0v) is 17.8. The Balaban J connectivity index is 1.42. The highest BCUT2D eigenvalue weighted by Crippen LogP contribution is 2.47. The maximum Gasteiger partial charge on any atom is 0.129 e. The van der Waals surface area contributed by atoms with E-state index in [1.54, 1.807) is 12.1 Å². The molecule has 1 aromatic rings. The summed E-state index contributed by atoms with van der Waals surface area (Å²) in [4.78, 5) is 5.28. The molecule has 0 saturated carbocycles. The molecule has 156 valence electrons. The molecule has 1 N–H and O–H groups in total. The zero-order valence-electron chi connectivity index (χ0n) is 17.8. The minimum Gasteiger partial charge on any atom is -0.385 e. The Morgan fingerprint density at radius 2 is 1.64 bits per heavy atom. The van der Waals surface area contributed by atoms with E-state index in [0.29, 0.717) is 30.5 Å². The van der Waals surface area contributed by atoms with Gasteiger partial charge in [0.2, 0.25) is 0 Å². The summed E-state index contributed by atoms with van der Waals surface area (Å²) in [6, 6.07) is 7.52. The molecule has 0 unspecified atom stereocenters. The minimum absolute atomic E-state index is 0.231. The van der Waals surface area contributed by atoms with E-state index in [1.165, 1.54) is 32.0 Å². The molecule has 0 radical (unpaired) electrons. The minimum atomic E-state index is -1.01. The summed E-state index contributed by atoms with van der Waals surface area (Å²) in [7, 11) is 0. The molecule has 28 heavy (non-hydrogen) atoms. The fourth-order valence-corrected chi connectivity index (χ4v) is 6.00. The third kappa shape index (κ3) is 4.15. The Morgan fingerprint density at radius 1 is 1.04 bits per heavy atom. The first-order valence-electron chi connectivity index (χ1n) is 11.2. The van der Waals surface area contributed by atoms with Crippen LogP contribution in [0.3, 0.4) is 0 Å². The number of rotatable bonds is 5. The topological polar surface area (TPSA) is 26.7 Å². The highest BCUT2D eigenvalue weighted by Gasteiger charge is 2.50. The first-order chi connectivity index (χ1) is 13.3. The molecule has 3 fully saturated rings. The van der Waals surface area contributed by atoms with Crippen LogP contribution in [0.1, 0.15) is 64.9 Å². The maximum atomic E-state index is 14.4. The molecule has 3 aliphatic rings. The first kappa shape index (κ1) is 20.3. The Morgan fingerprint density at radius 3 is 2.25 bits per heavy atom. The van der Waals surface area contributed by atoms with Crippen LogP contribution >= 0.6 is 0 Å². The van der Waals surface area contributed by atoms with Crippen LogP contribution in [0.15, 0.2) is 24.3 Å². The van der Waals surface area contributed by atoms with E-state index in [0.717, 1.165) is 31.8 Å². The van der Waals surface area contributed by atoms with Crippen molar-refractivity contribution in [2.75, 3.05) is 26.2 Å². The first-order valence-corrected chi connectivity index (χ1v) is 11.2. The fourth-order valence-electron chi connectivity index (χ4n) is 6.00. The molecule has 1 aromatic carbocycles. The Kier molecular flexibility index (Phi) is 5.58. The standard InChI is InChI=1S/C24H37FN2O/c1-18-10-12-26(13-11-18)16-23(2,3)17-27-19-8-9-20(27)15-24(28,14-19)21-6-4-5-7-22(21)25/h4-7,18-20,28H,8-17H2,1-3H3/t19-,20-/m0/s1. The van der Waals surface area contributed by atoms with Gasteiger partial charge in [0.05, 0.1) is 5.60 Å². The van der Waals surface area contributed by atoms with Crippen LogP contribution < -0.4 is 0 Å². The normalized spacial score (nSPS) is 32.8. The van der Waals surface area contributed by atoms with Crippen molar-refractivity contribution in [1.29, 1.82) is 0 Å². The van der Waals surface area contributed by atoms with Crippen LogP contribution in [0, 0.1) is 17.2 Å². The van der Waals surface area contributed by atoms with E-state index in [-0.39, 0.29) is 11.2 Å². The van der Waals surface area contributed by atoms with Crippen molar-refractivity contribution in [2.24, 2.45) is 11.3 Å². The van der Waals surface area contributed by atoms with Crippen molar-refractivity contribution in [3.63, 3.8) is 0 Å². The van der Waals surface area contributed by atoms with Gasteiger partial charge in [0.25, 0.3) is 0 Å². The van der Waals surface area contributed by atoms with Crippen LogP contribution in [-0.4, -0.2) is 53.2 Å². The number of benzene rings is 1. The van der Waals surface area contributed by atoms with Gasteiger partial charge in [-0.15, -0.1) is 0 Å². The molecule has 2 atom stereocenters. The number of hydrogen-bond acceptors (Lipinski definition) is 3. The second-order valence-corrected chi connectivity index (χ2v) is 10.6. The van der Waals surface area contributed by atoms with Crippen LogP contribution in [0.5, 0.6) is 0 Å². The van der Waals surface area contributed by atoms with Gasteiger partial charge in [-0.05, 0) is 69.0 Å². The molecule has 0 aromatic heterocycles. The molecule has 3 heterocycles. The number of piperidine rings is 2. The van der Waals surface area contributed by atoms with E-state index in [4.69, 9.17) is 0 Å². The maximum absolute atomic E-state index is 14.4. The van der Waals surface area contributed by atoms with E-state index in [2.05, 4.69) is 30.6 Å². The van der Waals surface area contributed by atoms with Crippen molar-refractivity contribution in [3.05, 3.63) is 35.6 Å². The molecule has 3 nitrogen and oxygen atoms in total. The average molecular weight is 389 g/mol. The van der Waals surface area contributed by atoms with E-state index in [1.807, 2.05) is 6.07 Å². The van der Waals surface area contributed by atoms with Gasteiger partial charge in [0.1, 0.15) is 5.82 Å². The summed E-state index contributed by atoms with van der Waals surface area (Å²) < 4.78 is 14.4.